The Kier molecular flexibility index (Phi) is 4.84. The van der Waals surface area contributed by atoms with Crippen LogP contribution in [-0.2, 0) is 0 Å². The second-order valence-electron chi connectivity index (χ2n) is 5.75. The fourth-order valence-corrected chi connectivity index (χ4v) is 3.53. The van der Waals surface area contributed by atoms with Gasteiger partial charge in [-0.2, -0.15) is 5.10 Å². The summed E-state index contributed by atoms with van der Waals surface area (Å²) < 4.78 is 3.10. The Balaban J connectivity index is 1.98. The van der Waals surface area contributed by atoms with E-state index in [-0.39, 0.29) is 6.04 Å². The zero-order valence-corrected chi connectivity index (χ0v) is 13.0. The summed E-state index contributed by atoms with van der Waals surface area (Å²) >= 11 is 3.58. The molecule has 1 aliphatic carbocycles. The molecular weight excluding hydrogens is 290 g/mol. The Morgan fingerprint density at radius 1 is 1.44 bits per heavy atom. The Bertz CT molecular complexity index is 380. The van der Waals surface area contributed by atoms with Gasteiger partial charge in [-0.3, -0.25) is 4.68 Å². The van der Waals surface area contributed by atoms with Crippen LogP contribution in [0.5, 0.6) is 0 Å². The highest BCUT2D eigenvalue weighted by atomic mass is 79.9. The molecule has 1 fully saturated rings. The van der Waals surface area contributed by atoms with Crippen LogP contribution < -0.4 is 5.73 Å². The molecule has 2 N–H and O–H groups in total. The maximum Gasteiger partial charge on any atom is 0.0696 e. The van der Waals surface area contributed by atoms with Crippen LogP contribution >= 0.6 is 15.9 Å². The summed E-state index contributed by atoms with van der Waals surface area (Å²) in [6, 6.07) is 0.466. The summed E-state index contributed by atoms with van der Waals surface area (Å²) in [5.41, 5.74) is 7.52. The molecule has 0 spiro atoms. The standard InChI is InChI=1S/C14H24BrN3/c1-10(2)18-14(12(15)9-17-18)13(16)8-7-11-5-3-4-6-11/h9-11,13H,3-8,16H2,1-2H3. The van der Waals surface area contributed by atoms with E-state index in [1.165, 1.54) is 32.1 Å². The van der Waals surface area contributed by atoms with Crippen LogP contribution in [0.3, 0.4) is 0 Å². The summed E-state index contributed by atoms with van der Waals surface area (Å²) in [6.45, 7) is 4.29. The number of hydrogen-bond donors (Lipinski definition) is 1. The van der Waals surface area contributed by atoms with Crippen molar-refractivity contribution >= 4 is 15.9 Å². The molecule has 4 heteroatoms. The van der Waals surface area contributed by atoms with E-state index in [2.05, 4.69) is 34.9 Å². The van der Waals surface area contributed by atoms with Crippen molar-refractivity contribution in [1.29, 1.82) is 0 Å². The predicted molar refractivity (Wildman–Crippen MR) is 78.4 cm³/mol. The van der Waals surface area contributed by atoms with Gasteiger partial charge in [0.1, 0.15) is 0 Å². The van der Waals surface area contributed by atoms with E-state index < -0.39 is 0 Å². The van der Waals surface area contributed by atoms with Crippen LogP contribution in [-0.4, -0.2) is 9.78 Å². The zero-order valence-electron chi connectivity index (χ0n) is 11.4. The highest BCUT2D eigenvalue weighted by Crippen LogP contribution is 2.33. The lowest BCUT2D eigenvalue weighted by molar-refractivity contribution is 0.425. The molecule has 2 rings (SSSR count). The SMILES string of the molecule is CC(C)n1ncc(Br)c1C(N)CCC1CCCC1. The van der Waals surface area contributed by atoms with Crippen LogP contribution in [0.4, 0.5) is 0 Å². The van der Waals surface area contributed by atoms with Gasteiger partial charge in [0.25, 0.3) is 0 Å². The van der Waals surface area contributed by atoms with Gasteiger partial charge in [0, 0.05) is 12.1 Å². The molecule has 1 saturated carbocycles. The van der Waals surface area contributed by atoms with Crippen molar-refractivity contribution in [3.63, 3.8) is 0 Å². The second kappa shape index (κ2) is 6.20. The van der Waals surface area contributed by atoms with Crippen molar-refractivity contribution in [2.45, 2.75) is 64.5 Å². The summed E-state index contributed by atoms with van der Waals surface area (Å²) in [5, 5.41) is 4.41. The number of halogens is 1. The van der Waals surface area contributed by atoms with Gasteiger partial charge in [-0.15, -0.1) is 0 Å². The smallest absolute Gasteiger partial charge is 0.0696 e. The molecular formula is C14H24BrN3. The average Bonchev–Trinajstić information content (AvgIpc) is 2.94. The molecule has 0 saturated heterocycles. The lowest BCUT2D eigenvalue weighted by atomic mass is 9.97. The van der Waals surface area contributed by atoms with Gasteiger partial charge in [0.15, 0.2) is 0 Å². The van der Waals surface area contributed by atoms with Gasteiger partial charge in [-0.25, -0.2) is 0 Å². The fraction of sp³-hybridized carbons (Fsp3) is 0.786. The van der Waals surface area contributed by atoms with E-state index >= 15 is 0 Å². The summed E-state index contributed by atoms with van der Waals surface area (Å²) in [4.78, 5) is 0. The lowest BCUT2D eigenvalue weighted by Gasteiger charge is -2.19. The quantitative estimate of drug-likeness (QED) is 0.885. The first-order valence-corrected chi connectivity index (χ1v) is 7.87. The minimum absolute atomic E-state index is 0.102. The van der Waals surface area contributed by atoms with Crippen molar-refractivity contribution in [3.8, 4) is 0 Å². The van der Waals surface area contributed by atoms with Gasteiger partial charge in [-0.05, 0) is 48.5 Å². The maximum absolute atomic E-state index is 6.37. The van der Waals surface area contributed by atoms with Gasteiger partial charge in [0.2, 0.25) is 0 Å². The Labute approximate surface area is 118 Å². The molecule has 1 aliphatic rings. The van der Waals surface area contributed by atoms with Crippen LogP contribution in [0.25, 0.3) is 0 Å². The van der Waals surface area contributed by atoms with Crippen molar-refractivity contribution in [2.75, 3.05) is 0 Å². The van der Waals surface area contributed by atoms with Gasteiger partial charge in [0.05, 0.1) is 16.4 Å². The van der Waals surface area contributed by atoms with Crippen LogP contribution in [0, 0.1) is 5.92 Å². The van der Waals surface area contributed by atoms with Crippen LogP contribution in [0.2, 0.25) is 0 Å². The number of rotatable bonds is 5. The second-order valence-corrected chi connectivity index (χ2v) is 6.60. The normalized spacial score (nSPS) is 18.7. The summed E-state index contributed by atoms with van der Waals surface area (Å²) in [6.07, 6.45) is 9.82. The van der Waals surface area contributed by atoms with Gasteiger partial charge < -0.3 is 5.73 Å². The molecule has 1 aromatic rings. The molecule has 0 aromatic carbocycles. The third-order valence-corrected chi connectivity index (χ3v) is 4.60. The van der Waals surface area contributed by atoms with Crippen molar-refractivity contribution in [2.24, 2.45) is 11.7 Å². The first kappa shape index (κ1) is 14.1. The van der Waals surface area contributed by atoms with E-state index in [4.69, 9.17) is 5.73 Å². The molecule has 1 atom stereocenters. The lowest BCUT2D eigenvalue weighted by Crippen LogP contribution is -2.19. The number of nitrogens with zero attached hydrogens (tertiary/aromatic N) is 2. The largest absolute Gasteiger partial charge is 0.323 e. The highest BCUT2D eigenvalue weighted by Gasteiger charge is 2.21. The van der Waals surface area contributed by atoms with Gasteiger partial charge in [-0.1, -0.05) is 25.7 Å². The molecule has 0 aliphatic heterocycles. The molecule has 3 nitrogen and oxygen atoms in total. The highest BCUT2D eigenvalue weighted by molar-refractivity contribution is 9.10. The molecule has 0 radical (unpaired) electrons. The Hall–Kier alpha value is -0.350. The Morgan fingerprint density at radius 3 is 2.72 bits per heavy atom. The van der Waals surface area contributed by atoms with E-state index in [0.29, 0.717) is 6.04 Å². The number of hydrogen-bond acceptors (Lipinski definition) is 2. The summed E-state index contributed by atoms with van der Waals surface area (Å²) in [7, 11) is 0. The molecule has 18 heavy (non-hydrogen) atoms. The predicted octanol–water partition coefficient (Wildman–Crippen LogP) is 4.20. The topological polar surface area (TPSA) is 43.8 Å². The number of nitrogens with two attached hydrogens (primary N) is 1. The zero-order chi connectivity index (χ0) is 13.1. The first-order chi connectivity index (χ1) is 8.59. The van der Waals surface area contributed by atoms with E-state index in [9.17, 15) is 0 Å². The molecule has 1 unspecified atom stereocenters. The first-order valence-electron chi connectivity index (χ1n) is 7.08. The third kappa shape index (κ3) is 3.15. The van der Waals surface area contributed by atoms with Crippen LogP contribution in [0.1, 0.15) is 70.2 Å². The van der Waals surface area contributed by atoms with E-state index in [0.717, 1.165) is 22.5 Å². The Morgan fingerprint density at radius 2 is 2.11 bits per heavy atom. The summed E-state index contributed by atoms with van der Waals surface area (Å²) in [5.74, 6) is 0.908. The molecule has 102 valence electrons. The maximum atomic E-state index is 6.37. The minimum Gasteiger partial charge on any atom is -0.323 e. The van der Waals surface area contributed by atoms with Crippen molar-refractivity contribution in [1.82, 2.24) is 9.78 Å². The fourth-order valence-electron chi connectivity index (χ4n) is 2.96. The average molecular weight is 314 g/mol. The van der Waals surface area contributed by atoms with E-state index in [1.54, 1.807) is 0 Å². The van der Waals surface area contributed by atoms with Crippen LogP contribution in [0.15, 0.2) is 10.7 Å². The molecule has 1 aromatic heterocycles. The molecule has 0 bridgehead atoms. The number of aromatic nitrogens is 2. The monoisotopic (exact) mass is 313 g/mol. The van der Waals surface area contributed by atoms with Gasteiger partial charge >= 0.3 is 0 Å². The van der Waals surface area contributed by atoms with E-state index in [1.807, 2.05) is 10.9 Å². The van der Waals surface area contributed by atoms with Crippen molar-refractivity contribution < 1.29 is 0 Å². The molecule has 0 amide bonds. The third-order valence-electron chi connectivity index (χ3n) is 3.99. The van der Waals surface area contributed by atoms with Crippen molar-refractivity contribution in [3.05, 3.63) is 16.4 Å². The minimum atomic E-state index is 0.102. The molecule has 1 heterocycles.